The average molecular weight is 457 g/mol. The number of hydrogen-bond acceptors (Lipinski definition) is 5. The normalized spacial score (nSPS) is 10.8. The molecule has 0 radical (unpaired) electrons. The molecule has 32 heavy (non-hydrogen) atoms. The van der Waals surface area contributed by atoms with Crippen LogP contribution in [0, 0.1) is 6.92 Å². The van der Waals surface area contributed by atoms with Gasteiger partial charge in [0.2, 0.25) is 0 Å². The van der Waals surface area contributed by atoms with E-state index in [9.17, 15) is 0 Å². The Kier molecular flexibility index (Phi) is 10.4. The number of benzene rings is 1. The Bertz CT molecular complexity index is 985. The summed E-state index contributed by atoms with van der Waals surface area (Å²) in [6.45, 7) is 11.1. The maximum absolute atomic E-state index is 5.38. The summed E-state index contributed by atoms with van der Waals surface area (Å²) in [5.74, 6) is 3.34. The van der Waals surface area contributed by atoms with Crippen LogP contribution in [-0.4, -0.2) is 34.0 Å². The van der Waals surface area contributed by atoms with Crippen LogP contribution in [0.15, 0.2) is 41.7 Å². The van der Waals surface area contributed by atoms with Gasteiger partial charge < -0.3 is 19.0 Å². The van der Waals surface area contributed by atoms with Gasteiger partial charge in [-0.1, -0.05) is 37.8 Å². The van der Waals surface area contributed by atoms with E-state index in [0.717, 1.165) is 53.2 Å². The third kappa shape index (κ3) is 6.42. The van der Waals surface area contributed by atoms with Gasteiger partial charge in [0, 0.05) is 36.7 Å². The summed E-state index contributed by atoms with van der Waals surface area (Å²) < 4.78 is 12.9. The van der Waals surface area contributed by atoms with Crippen LogP contribution in [0.3, 0.4) is 0 Å². The van der Waals surface area contributed by atoms with Crippen molar-refractivity contribution >= 4 is 11.8 Å². The highest BCUT2D eigenvalue weighted by molar-refractivity contribution is 7.98. The molecule has 0 bridgehead atoms. The largest absolute Gasteiger partial charge is 0.497 e. The second-order valence-corrected chi connectivity index (χ2v) is 7.96. The third-order valence-electron chi connectivity index (χ3n) is 5.10. The molecule has 174 valence electrons. The molecule has 0 aliphatic rings. The maximum atomic E-state index is 5.38. The van der Waals surface area contributed by atoms with E-state index < -0.39 is 0 Å². The van der Waals surface area contributed by atoms with E-state index in [4.69, 9.17) is 9.47 Å². The van der Waals surface area contributed by atoms with Crippen molar-refractivity contribution in [2.24, 2.45) is 0 Å². The molecule has 7 heteroatoms. The Morgan fingerprint density at radius 1 is 1.09 bits per heavy atom. The standard InChI is InChI=1S/C23H30N4O2S.C2H6/c1-6-8-9-21-16(3)24-14-18(21)12-22-25-26-23(27(22)7-2)30-15-17-10-19(28-4)13-20(11-17)29-5;1-2/h6,8,10-11,13-14,24H,7,9,12,15H2,1-5H3;1-2H3/b8-6-;. The van der Waals surface area contributed by atoms with E-state index in [1.165, 1.54) is 16.8 Å². The number of rotatable bonds is 10. The second kappa shape index (κ2) is 13.0. The number of allylic oxidation sites excluding steroid dienone is 2. The molecule has 1 N–H and O–H groups in total. The van der Waals surface area contributed by atoms with Crippen molar-refractivity contribution in [1.82, 2.24) is 19.7 Å². The van der Waals surface area contributed by atoms with Gasteiger partial charge in [0.15, 0.2) is 5.16 Å². The van der Waals surface area contributed by atoms with E-state index >= 15 is 0 Å². The van der Waals surface area contributed by atoms with Crippen LogP contribution >= 0.6 is 11.8 Å². The van der Waals surface area contributed by atoms with Gasteiger partial charge in [0.05, 0.1) is 14.2 Å². The summed E-state index contributed by atoms with van der Waals surface area (Å²) in [6.07, 6.45) is 8.07. The fourth-order valence-electron chi connectivity index (χ4n) is 3.43. The zero-order chi connectivity index (χ0) is 23.5. The zero-order valence-corrected chi connectivity index (χ0v) is 21.2. The van der Waals surface area contributed by atoms with Gasteiger partial charge in [-0.3, -0.25) is 0 Å². The van der Waals surface area contributed by atoms with Gasteiger partial charge in [0.1, 0.15) is 17.3 Å². The molecular formula is C25H36N4O2S. The van der Waals surface area contributed by atoms with Crippen molar-refractivity contribution in [3.05, 3.63) is 64.8 Å². The number of methoxy groups -OCH3 is 2. The molecular weight excluding hydrogens is 420 g/mol. The number of thioether (sulfide) groups is 1. The fourth-order valence-corrected chi connectivity index (χ4v) is 4.38. The molecule has 0 saturated heterocycles. The van der Waals surface area contributed by atoms with E-state index in [2.05, 4.69) is 58.9 Å². The minimum absolute atomic E-state index is 0.765. The highest BCUT2D eigenvalue weighted by atomic mass is 32.2. The van der Waals surface area contributed by atoms with Gasteiger partial charge in [-0.05, 0) is 56.0 Å². The first-order valence-corrected chi connectivity index (χ1v) is 12.1. The minimum Gasteiger partial charge on any atom is -0.497 e. The van der Waals surface area contributed by atoms with Crippen molar-refractivity contribution in [2.75, 3.05) is 14.2 Å². The van der Waals surface area contributed by atoms with Crippen molar-refractivity contribution in [3.8, 4) is 11.5 Å². The Balaban J connectivity index is 0.00000176. The van der Waals surface area contributed by atoms with Gasteiger partial charge in [-0.15, -0.1) is 10.2 Å². The van der Waals surface area contributed by atoms with Crippen LogP contribution in [0.25, 0.3) is 0 Å². The average Bonchev–Trinajstić information content (AvgIpc) is 3.39. The van der Waals surface area contributed by atoms with Gasteiger partial charge in [0.25, 0.3) is 0 Å². The van der Waals surface area contributed by atoms with E-state index in [0.29, 0.717) is 0 Å². The number of aromatic nitrogens is 4. The molecule has 0 fully saturated rings. The lowest BCUT2D eigenvalue weighted by atomic mass is 10.0. The van der Waals surface area contributed by atoms with Crippen molar-refractivity contribution in [2.45, 2.75) is 64.9 Å². The first kappa shape index (κ1) is 25.6. The quantitative estimate of drug-likeness (QED) is 0.300. The summed E-state index contributed by atoms with van der Waals surface area (Å²) in [6, 6.07) is 5.93. The zero-order valence-electron chi connectivity index (χ0n) is 20.4. The SMILES string of the molecule is C/C=C\Cc1c(Cc2nnc(SCc3cc(OC)cc(OC)c3)n2CC)c[nH]c1C.CC. The van der Waals surface area contributed by atoms with E-state index in [1.807, 2.05) is 32.0 Å². The van der Waals surface area contributed by atoms with Gasteiger partial charge in [-0.25, -0.2) is 0 Å². The van der Waals surface area contributed by atoms with Gasteiger partial charge in [-0.2, -0.15) is 0 Å². The first-order chi connectivity index (χ1) is 15.6. The van der Waals surface area contributed by atoms with Crippen molar-refractivity contribution in [1.29, 1.82) is 0 Å². The molecule has 0 unspecified atom stereocenters. The molecule has 0 amide bonds. The number of aryl methyl sites for hydroxylation is 1. The number of nitrogens with zero attached hydrogens (tertiary/aromatic N) is 3. The molecule has 0 aliphatic heterocycles. The monoisotopic (exact) mass is 456 g/mol. The Morgan fingerprint density at radius 3 is 2.38 bits per heavy atom. The Morgan fingerprint density at radius 2 is 1.78 bits per heavy atom. The van der Waals surface area contributed by atoms with E-state index in [-0.39, 0.29) is 0 Å². The van der Waals surface area contributed by atoms with E-state index in [1.54, 1.807) is 26.0 Å². The molecule has 0 atom stereocenters. The number of hydrogen-bond donors (Lipinski definition) is 1. The molecule has 6 nitrogen and oxygen atoms in total. The summed E-state index contributed by atoms with van der Waals surface area (Å²) in [5, 5.41) is 9.90. The molecule has 1 aromatic carbocycles. The number of nitrogens with one attached hydrogen (secondary N) is 1. The molecule has 0 aliphatic carbocycles. The highest BCUT2D eigenvalue weighted by Gasteiger charge is 2.15. The fraction of sp³-hybridized carbons (Fsp3) is 0.440. The highest BCUT2D eigenvalue weighted by Crippen LogP contribution is 2.28. The predicted octanol–water partition coefficient (Wildman–Crippen LogP) is 5.98. The molecule has 2 aromatic heterocycles. The Labute approximate surface area is 196 Å². The maximum Gasteiger partial charge on any atom is 0.191 e. The smallest absolute Gasteiger partial charge is 0.191 e. The van der Waals surface area contributed by atoms with Crippen LogP contribution in [0.4, 0.5) is 0 Å². The number of ether oxygens (including phenoxy) is 2. The summed E-state index contributed by atoms with van der Waals surface area (Å²) in [4.78, 5) is 3.36. The topological polar surface area (TPSA) is 65.0 Å². The summed E-state index contributed by atoms with van der Waals surface area (Å²) in [7, 11) is 3.33. The first-order valence-electron chi connectivity index (χ1n) is 11.1. The molecule has 3 aromatic rings. The van der Waals surface area contributed by atoms with Crippen molar-refractivity contribution in [3.63, 3.8) is 0 Å². The predicted molar refractivity (Wildman–Crippen MR) is 133 cm³/mol. The van der Waals surface area contributed by atoms with Crippen LogP contribution in [0.5, 0.6) is 11.5 Å². The third-order valence-corrected chi connectivity index (χ3v) is 6.14. The van der Waals surface area contributed by atoms with Crippen molar-refractivity contribution < 1.29 is 9.47 Å². The van der Waals surface area contributed by atoms with Crippen LogP contribution < -0.4 is 9.47 Å². The number of H-pyrrole nitrogens is 1. The van der Waals surface area contributed by atoms with Crippen LogP contribution in [-0.2, 0) is 25.1 Å². The summed E-state index contributed by atoms with van der Waals surface area (Å²) in [5.41, 5.74) is 4.96. The summed E-state index contributed by atoms with van der Waals surface area (Å²) >= 11 is 1.68. The lowest BCUT2D eigenvalue weighted by Crippen LogP contribution is -2.05. The molecule has 2 heterocycles. The van der Waals surface area contributed by atoms with Crippen LogP contribution in [0.1, 0.15) is 55.9 Å². The lowest BCUT2D eigenvalue weighted by Gasteiger charge is -2.10. The minimum atomic E-state index is 0.765. The Hall–Kier alpha value is -2.67. The lowest BCUT2D eigenvalue weighted by molar-refractivity contribution is 0.393. The number of aromatic amines is 1. The van der Waals surface area contributed by atoms with Gasteiger partial charge >= 0.3 is 0 Å². The molecule has 3 rings (SSSR count). The molecule has 0 saturated carbocycles. The van der Waals surface area contributed by atoms with Crippen LogP contribution in [0.2, 0.25) is 0 Å². The second-order valence-electron chi connectivity index (χ2n) is 7.02. The molecule has 0 spiro atoms.